The summed E-state index contributed by atoms with van der Waals surface area (Å²) in [5.74, 6) is 2.72. The second-order valence-electron chi connectivity index (χ2n) is 4.52. The van der Waals surface area contributed by atoms with Crippen LogP contribution >= 0.6 is 0 Å². The summed E-state index contributed by atoms with van der Waals surface area (Å²) in [5.41, 5.74) is 4.07. The van der Waals surface area contributed by atoms with Gasteiger partial charge in [0.25, 0.3) is 0 Å². The molecule has 0 N–H and O–H groups in total. The van der Waals surface area contributed by atoms with Gasteiger partial charge in [0.05, 0.1) is 5.41 Å². The first-order chi connectivity index (χ1) is 7.09. The maximum atomic E-state index is 5.41. The van der Waals surface area contributed by atoms with E-state index in [-0.39, 0.29) is 22.4 Å². The van der Waals surface area contributed by atoms with Crippen LogP contribution in [0.5, 0.6) is 0 Å². The smallest absolute Gasteiger partial charge is 0.210 e. The minimum Gasteiger partial charge on any atom is -1.00 e. The van der Waals surface area contributed by atoms with Crippen molar-refractivity contribution in [2.75, 3.05) is 6.54 Å². The Hall–Kier alpha value is -1.07. The molecule has 1 aromatic carbocycles. The van der Waals surface area contributed by atoms with E-state index in [1.165, 1.54) is 17.0 Å². The standard InChI is InChI=1S/C14H16N.BrH/c1-5-10-15-11(2)14(3,4)12-8-6-7-9-13(12)15;/h1,6-9H,10H2,2-4H3;1H/q+1;/p-1. The van der Waals surface area contributed by atoms with E-state index in [1.54, 1.807) is 0 Å². The highest BCUT2D eigenvalue weighted by Crippen LogP contribution is 2.38. The molecule has 2 heteroatoms. The maximum absolute atomic E-state index is 5.41. The van der Waals surface area contributed by atoms with Crippen LogP contribution in [0, 0.1) is 12.3 Å². The zero-order chi connectivity index (χ0) is 11.1. The lowest BCUT2D eigenvalue weighted by molar-refractivity contribution is -0.424. The molecule has 1 aliphatic rings. The van der Waals surface area contributed by atoms with Gasteiger partial charge in [0.15, 0.2) is 5.71 Å². The second-order valence-corrected chi connectivity index (χ2v) is 4.52. The van der Waals surface area contributed by atoms with E-state index in [2.05, 4.69) is 55.5 Å². The lowest BCUT2D eigenvalue weighted by Gasteiger charge is -2.14. The van der Waals surface area contributed by atoms with Gasteiger partial charge in [-0.2, -0.15) is 4.58 Å². The predicted octanol–water partition coefficient (Wildman–Crippen LogP) is -0.280. The van der Waals surface area contributed by atoms with Crippen LogP contribution in [0.3, 0.4) is 0 Å². The van der Waals surface area contributed by atoms with Gasteiger partial charge < -0.3 is 17.0 Å². The summed E-state index contributed by atoms with van der Waals surface area (Å²) >= 11 is 0. The molecular weight excluding hydrogens is 262 g/mol. The Balaban J connectivity index is 0.00000128. The number of hydrogen-bond donors (Lipinski definition) is 0. The van der Waals surface area contributed by atoms with Gasteiger partial charge in [-0.05, 0) is 19.8 Å². The normalized spacial score (nSPS) is 16.4. The number of para-hydroxylation sites is 1. The number of halogens is 1. The van der Waals surface area contributed by atoms with E-state index in [1.807, 2.05) is 0 Å². The molecule has 0 atom stereocenters. The van der Waals surface area contributed by atoms with Crippen molar-refractivity contribution < 1.29 is 21.6 Å². The summed E-state index contributed by atoms with van der Waals surface area (Å²) in [5, 5.41) is 0. The molecule has 0 spiro atoms. The molecule has 0 unspecified atom stereocenters. The molecule has 84 valence electrons. The van der Waals surface area contributed by atoms with Gasteiger partial charge in [-0.25, -0.2) is 0 Å². The topological polar surface area (TPSA) is 3.01 Å². The van der Waals surface area contributed by atoms with Crippen LogP contribution in [-0.2, 0) is 5.41 Å². The molecule has 0 amide bonds. The summed E-state index contributed by atoms with van der Waals surface area (Å²) in [6.07, 6.45) is 5.41. The van der Waals surface area contributed by atoms with E-state index < -0.39 is 0 Å². The Labute approximate surface area is 108 Å². The van der Waals surface area contributed by atoms with Crippen molar-refractivity contribution in [1.82, 2.24) is 0 Å². The van der Waals surface area contributed by atoms with E-state index in [9.17, 15) is 0 Å². The van der Waals surface area contributed by atoms with Gasteiger partial charge in [-0.15, -0.1) is 6.42 Å². The highest BCUT2D eigenvalue weighted by atomic mass is 79.9. The average Bonchev–Trinajstić information content (AvgIpc) is 2.42. The van der Waals surface area contributed by atoms with Crippen molar-refractivity contribution in [3.8, 4) is 12.3 Å². The molecule has 0 saturated carbocycles. The zero-order valence-corrected chi connectivity index (χ0v) is 11.5. The lowest BCUT2D eigenvalue weighted by atomic mass is 9.82. The Morgan fingerprint density at radius 3 is 2.56 bits per heavy atom. The van der Waals surface area contributed by atoms with E-state index in [0.717, 1.165) is 0 Å². The van der Waals surface area contributed by atoms with Gasteiger partial charge >= 0.3 is 0 Å². The number of benzene rings is 1. The minimum atomic E-state index is 0. The van der Waals surface area contributed by atoms with Crippen molar-refractivity contribution in [2.45, 2.75) is 26.2 Å². The SMILES string of the molecule is C#CC[N+]1=C(C)C(C)(C)c2ccccc21.[Br-]. The van der Waals surface area contributed by atoms with Gasteiger partial charge in [0.1, 0.15) is 0 Å². The first-order valence-electron chi connectivity index (χ1n) is 5.23. The fourth-order valence-electron chi connectivity index (χ4n) is 2.25. The number of rotatable bonds is 1. The molecule has 2 rings (SSSR count). The van der Waals surface area contributed by atoms with Crippen molar-refractivity contribution in [2.24, 2.45) is 0 Å². The third kappa shape index (κ3) is 1.70. The number of hydrogen-bond acceptors (Lipinski definition) is 0. The highest BCUT2D eigenvalue weighted by molar-refractivity contribution is 5.93. The van der Waals surface area contributed by atoms with Gasteiger partial charge in [0, 0.05) is 18.6 Å². The molecule has 1 aliphatic heterocycles. The van der Waals surface area contributed by atoms with Crippen molar-refractivity contribution in [3.05, 3.63) is 29.8 Å². The van der Waals surface area contributed by atoms with E-state index >= 15 is 0 Å². The summed E-state index contributed by atoms with van der Waals surface area (Å²) in [6, 6.07) is 8.49. The Morgan fingerprint density at radius 1 is 1.31 bits per heavy atom. The van der Waals surface area contributed by atoms with Crippen LogP contribution in [0.4, 0.5) is 5.69 Å². The first-order valence-corrected chi connectivity index (χ1v) is 5.23. The second kappa shape index (κ2) is 4.43. The van der Waals surface area contributed by atoms with Gasteiger partial charge in [0.2, 0.25) is 12.2 Å². The molecule has 1 nitrogen and oxygen atoms in total. The fraction of sp³-hybridized carbons (Fsp3) is 0.357. The summed E-state index contributed by atoms with van der Waals surface area (Å²) in [6.45, 7) is 7.32. The third-order valence-corrected chi connectivity index (χ3v) is 3.43. The molecule has 1 aromatic rings. The first kappa shape index (κ1) is 13.0. The van der Waals surface area contributed by atoms with Gasteiger partial charge in [-0.3, -0.25) is 0 Å². The van der Waals surface area contributed by atoms with Crippen LogP contribution in [0.2, 0.25) is 0 Å². The zero-order valence-electron chi connectivity index (χ0n) is 9.92. The molecule has 0 saturated heterocycles. The quantitative estimate of drug-likeness (QED) is 0.491. The third-order valence-electron chi connectivity index (χ3n) is 3.43. The van der Waals surface area contributed by atoms with Crippen LogP contribution in [-0.4, -0.2) is 16.8 Å². The Morgan fingerprint density at radius 2 is 1.94 bits per heavy atom. The molecule has 0 bridgehead atoms. The molecule has 1 heterocycles. The molecule has 0 aliphatic carbocycles. The van der Waals surface area contributed by atoms with Gasteiger partial charge in [-0.1, -0.05) is 18.2 Å². The molecular formula is C14H16BrN. The molecule has 16 heavy (non-hydrogen) atoms. The minimum absolute atomic E-state index is 0. The lowest BCUT2D eigenvalue weighted by Crippen LogP contribution is -3.00. The summed E-state index contributed by atoms with van der Waals surface area (Å²) in [7, 11) is 0. The maximum Gasteiger partial charge on any atom is 0.210 e. The molecule has 0 aromatic heterocycles. The Kier molecular flexibility index (Phi) is 3.60. The number of terminal acetylenes is 1. The summed E-state index contributed by atoms with van der Waals surface area (Å²) in [4.78, 5) is 0. The van der Waals surface area contributed by atoms with Crippen LogP contribution < -0.4 is 17.0 Å². The number of fused-ring (bicyclic) bond motifs is 1. The monoisotopic (exact) mass is 277 g/mol. The highest BCUT2D eigenvalue weighted by Gasteiger charge is 2.42. The van der Waals surface area contributed by atoms with E-state index in [4.69, 9.17) is 6.42 Å². The van der Waals surface area contributed by atoms with Crippen molar-refractivity contribution in [1.29, 1.82) is 0 Å². The van der Waals surface area contributed by atoms with Crippen LogP contribution in [0.25, 0.3) is 0 Å². The van der Waals surface area contributed by atoms with Crippen LogP contribution in [0.1, 0.15) is 26.3 Å². The largest absolute Gasteiger partial charge is 1.00 e. The molecule has 0 radical (unpaired) electrons. The fourth-order valence-corrected chi connectivity index (χ4v) is 2.25. The summed E-state index contributed by atoms with van der Waals surface area (Å²) < 4.78 is 2.23. The Bertz CT molecular complexity index is 478. The van der Waals surface area contributed by atoms with E-state index in [0.29, 0.717) is 6.54 Å². The number of nitrogens with zero attached hydrogens (tertiary/aromatic N) is 1. The average molecular weight is 278 g/mol. The van der Waals surface area contributed by atoms with Crippen molar-refractivity contribution >= 4 is 11.4 Å². The van der Waals surface area contributed by atoms with Crippen molar-refractivity contribution in [3.63, 3.8) is 0 Å². The molecule has 0 fully saturated rings. The van der Waals surface area contributed by atoms with Crippen LogP contribution in [0.15, 0.2) is 24.3 Å². The predicted molar refractivity (Wildman–Crippen MR) is 63.8 cm³/mol.